The molecular weight excluding hydrogens is 327 g/mol. The van der Waals surface area contributed by atoms with E-state index < -0.39 is 0 Å². The van der Waals surface area contributed by atoms with Gasteiger partial charge in [-0.1, -0.05) is 18.2 Å². The van der Waals surface area contributed by atoms with Crippen LogP contribution in [0.15, 0.2) is 42.6 Å². The summed E-state index contributed by atoms with van der Waals surface area (Å²) in [6, 6.07) is 11.8. The summed E-state index contributed by atoms with van der Waals surface area (Å²) in [5, 5.41) is 3.08. The van der Waals surface area contributed by atoms with Crippen molar-refractivity contribution in [1.82, 2.24) is 10.3 Å². The first-order chi connectivity index (χ1) is 8.29. The van der Waals surface area contributed by atoms with Gasteiger partial charge in [0, 0.05) is 18.8 Å². The molecule has 3 nitrogen and oxygen atoms in total. The summed E-state index contributed by atoms with van der Waals surface area (Å²) in [4.78, 5) is 4.27. The lowest BCUT2D eigenvalue weighted by Crippen LogP contribution is -2.05. The van der Waals surface area contributed by atoms with Crippen molar-refractivity contribution in [3.05, 3.63) is 51.7 Å². The highest BCUT2D eigenvalue weighted by Crippen LogP contribution is 2.24. The maximum Gasteiger partial charge on any atom is 0.219 e. The van der Waals surface area contributed by atoms with E-state index in [1.54, 1.807) is 0 Å². The molecule has 0 aliphatic carbocycles. The van der Waals surface area contributed by atoms with Gasteiger partial charge >= 0.3 is 0 Å². The van der Waals surface area contributed by atoms with E-state index in [1.165, 1.54) is 0 Å². The molecule has 1 aromatic carbocycles. The number of aromatic nitrogens is 1. The van der Waals surface area contributed by atoms with Gasteiger partial charge in [-0.3, -0.25) is 0 Å². The summed E-state index contributed by atoms with van der Waals surface area (Å²) < 4.78 is 6.78. The molecule has 2 rings (SSSR count). The molecule has 0 saturated carbocycles. The van der Waals surface area contributed by atoms with Gasteiger partial charge in [-0.05, 0) is 47.3 Å². The zero-order valence-corrected chi connectivity index (χ0v) is 11.6. The molecule has 0 saturated heterocycles. The standard InChI is InChI=1S/C13H13IN2O/c1-15-8-10-6-7-13(16-9-10)17-12-5-3-2-4-11(12)14/h2-7,9,15H,8H2,1H3. The highest BCUT2D eigenvalue weighted by atomic mass is 127. The Labute approximate surface area is 114 Å². The van der Waals surface area contributed by atoms with E-state index in [0.29, 0.717) is 5.88 Å². The Morgan fingerprint density at radius 1 is 1.24 bits per heavy atom. The highest BCUT2D eigenvalue weighted by Gasteiger charge is 2.02. The van der Waals surface area contributed by atoms with Crippen molar-refractivity contribution in [2.45, 2.75) is 6.54 Å². The molecule has 1 aromatic heterocycles. The molecule has 0 bridgehead atoms. The van der Waals surface area contributed by atoms with Crippen LogP contribution in [0, 0.1) is 3.57 Å². The largest absolute Gasteiger partial charge is 0.438 e. The SMILES string of the molecule is CNCc1ccc(Oc2ccccc2I)nc1. The number of pyridine rings is 1. The molecule has 2 aromatic rings. The maximum absolute atomic E-state index is 5.70. The topological polar surface area (TPSA) is 34.1 Å². The van der Waals surface area contributed by atoms with Crippen LogP contribution in [0.4, 0.5) is 0 Å². The molecule has 88 valence electrons. The molecule has 1 heterocycles. The van der Waals surface area contributed by atoms with Crippen molar-refractivity contribution in [3.8, 4) is 11.6 Å². The lowest BCUT2D eigenvalue weighted by Gasteiger charge is -2.07. The Balaban J connectivity index is 2.11. The van der Waals surface area contributed by atoms with Crippen LogP contribution in [0.5, 0.6) is 11.6 Å². The molecule has 0 aliphatic rings. The summed E-state index contributed by atoms with van der Waals surface area (Å²) in [6.45, 7) is 0.816. The van der Waals surface area contributed by atoms with Crippen molar-refractivity contribution >= 4 is 22.6 Å². The smallest absolute Gasteiger partial charge is 0.219 e. The molecular formula is C13H13IN2O. The molecule has 0 unspecified atom stereocenters. The number of ether oxygens (including phenoxy) is 1. The third kappa shape index (κ3) is 3.41. The summed E-state index contributed by atoms with van der Waals surface area (Å²) in [5.74, 6) is 1.45. The number of halogens is 1. The van der Waals surface area contributed by atoms with Crippen LogP contribution in [0.1, 0.15) is 5.56 Å². The Morgan fingerprint density at radius 3 is 2.71 bits per heavy atom. The predicted octanol–water partition coefficient (Wildman–Crippen LogP) is 3.20. The van der Waals surface area contributed by atoms with Crippen LogP contribution in [0.25, 0.3) is 0 Å². The second-order valence-electron chi connectivity index (χ2n) is 3.57. The number of nitrogens with zero attached hydrogens (tertiary/aromatic N) is 1. The average Bonchev–Trinajstić information content (AvgIpc) is 2.35. The maximum atomic E-state index is 5.70. The van der Waals surface area contributed by atoms with Crippen molar-refractivity contribution in [1.29, 1.82) is 0 Å². The normalized spacial score (nSPS) is 10.2. The quantitative estimate of drug-likeness (QED) is 0.868. The van der Waals surface area contributed by atoms with Gasteiger partial charge in [0.25, 0.3) is 0 Å². The molecule has 0 fully saturated rings. The van der Waals surface area contributed by atoms with Crippen molar-refractivity contribution in [2.24, 2.45) is 0 Å². The first-order valence-corrected chi connectivity index (χ1v) is 6.39. The van der Waals surface area contributed by atoms with E-state index >= 15 is 0 Å². The van der Waals surface area contributed by atoms with Gasteiger partial charge in [0.15, 0.2) is 0 Å². The summed E-state index contributed by atoms with van der Waals surface area (Å²) in [6.07, 6.45) is 1.82. The third-order valence-corrected chi connectivity index (χ3v) is 3.12. The van der Waals surface area contributed by atoms with Crippen molar-refractivity contribution in [2.75, 3.05) is 7.05 Å². The van der Waals surface area contributed by atoms with Crippen LogP contribution >= 0.6 is 22.6 Å². The fraction of sp³-hybridized carbons (Fsp3) is 0.154. The van der Waals surface area contributed by atoms with Crippen molar-refractivity contribution in [3.63, 3.8) is 0 Å². The van der Waals surface area contributed by atoms with Crippen LogP contribution < -0.4 is 10.1 Å². The Morgan fingerprint density at radius 2 is 2.06 bits per heavy atom. The van der Waals surface area contributed by atoms with Crippen LogP contribution in [-0.2, 0) is 6.54 Å². The Hall–Kier alpha value is -1.14. The van der Waals surface area contributed by atoms with Crippen LogP contribution in [0.3, 0.4) is 0 Å². The summed E-state index contributed by atoms with van der Waals surface area (Å²) in [5.41, 5.74) is 1.14. The van der Waals surface area contributed by atoms with E-state index in [2.05, 4.69) is 32.9 Å². The average molecular weight is 340 g/mol. The van der Waals surface area contributed by atoms with Crippen molar-refractivity contribution < 1.29 is 4.74 Å². The van der Waals surface area contributed by atoms with E-state index in [-0.39, 0.29) is 0 Å². The minimum absolute atomic E-state index is 0.619. The molecule has 0 aliphatic heterocycles. The van der Waals surface area contributed by atoms with Crippen LogP contribution in [-0.4, -0.2) is 12.0 Å². The zero-order chi connectivity index (χ0) is 12.1. The Kier molecular flexibility index (Phi) is 4.33. The van der Waals surface area contributed by atoms with Crippen LogP contribution in [0.2, 0.25) is 0 Å². The molecule has 0 radical (unpaired) electrons. The zero-order valence-electron chi connectivity index (χ0n) is 9.48. The van der Waals surface area contributed by atoms with Gasteiger partial charge in [0.2, 0.25) is 5.88 Å². The molecule has 0 atom stereocenters. The monoisotopic (exact) mass is 340 g/mol. The highest BCUT2D eigenvalue weighted by molar-refractivity contribution is 14.1. The third-order valence-electron chi connectivity index (χ3n) is 2.23. The summed E-state index contributed by atoms with van der Waals surface area (Å²) in [7, 11) is 1.91. The molecule has 0 spiro atoms. The first kappa shape index (κ1) is 12.3. The molecule has 0 amide bonds. The molecule has 17 heavy (non-hydrogen) atoms. The predicted molar refractivity (Wildman–Crippen MR) is 76.2 cm³/mol. The van der Waals surface area contributed by atoms with Gasteiger partial charge < -0.3 is 10.1 Å². The second kappa shape index (κ2) is 5.97. The van der Waals surface area contributed by atoms with E-state index in [9.17, 15) is 0 Å². The minimum Gasteiger partial charge on any atom is -0.438 e. The first-order valence-electron chi connectivity index (χ1n) is 5.31. The fourth-order valence-electron chi connectivity index (χ4n) is 1.42. The number of para-hydroxylation sites is 1. The number of rotatable bonds is 4. The number of hydrogen-bond acceptors (Lipinski definition) is 3. The second-order valence-corrected chi connectivity index (χ2v) is 4.73. The van der Waals surface area contributed by atoms with E-state index in [0.717, 1.165) is 21.4 Å². The lowest BCUT2D eigenvalue weighted by molar-refractivity contribution is 0.459. The van der Waals surface area contributed by atoms with Gasteiger partial charge in [0.05, 0.1) is 3.57 Å². The fourth-order valence-corrected chi connectivity index (χ4v) is 1.92. The van der Waals surface area contributed by atoms with Gasteiger partial charge in [-0.15, -0.1) is 0 Å². The number of benzene rings is 1. The molecule has 4 heteroatoms. The van der Waals surface area contributed by atoms with Gasteiger partial charge in [-0.25, -0.2) is 4.98 Å². The minimum atomic E-state index is 0.619. The number of hydrogen-bond donors (Lipinski definition) is 1. The number of nitrogens with one attached hydrogen (secondary N) is 1. The lowest BCUT2D eigenvalue weighted by atomic mass is 10.3. The Bertz CT molecular complexity index is 485. The molecule has 1 N–H and O–H groups in total. The summed E-state index contributed by atoms with van der Waals surface area (Å²) >= 11 is 2.24. The van der Waals surface area contributed by atoms with E-state index in [4.69, 9.17) is 4.74 Å². The van der Waals surface area contributed by atoms with Gasteiger partial charge in [-0.2, -0.15) is 0 Å². The van der Waals surface area contributed by atoms with Gasteiger partial charge in [0.1, 0.15) is 5.75 Å². The van der Waals surface area contributed by atoms with E-state index in [1.807, 2.05) is 49.6 Å².